The number of nitrogens with zero attached hydrogens (tertiary/aromatic N) is 1. The van der Waals surface area contributed by atoms with Crippen LogP contribution in [-0.2, 0) is 0 Å². The normalized spacial score (nSPS) is 15.4. The molecule has 68 valence electrons. The van der Waals surface area contributed by atoms with E-state index in [2.05, 4.69) is 10.3 Å². The maximum Gasteiger partial charge on any atom is 0.335 e. The molecule has 1 heterocycles. The molecule has 4 heteroatoms. The zero-order valence-corrected chi connectivity index (χ0v) is 7.03. The molecule has 0 aromatic carbocycles. The van der Waals surface area contributed by atoms with Crippen LogP contribution in [0.3, 0.4) is 0 Å². The fourth-order valence-electron chi connectivity index (χ4n) is 1.08. The van der Waals surface area contributed by atoms with Crippen LogP contribution in [0.25, 0.3) is 0 Å². The van der Waals surface area contributed by atoms with Crippen LogP contribution in [0.5, 0.6) is 0 Å². The van der Waals surface area contributed by atoms with Crippen molar-refractivity contribution in [3.63, 3.8) is 0 Å². The highest BCUT2D eigenvalue weighted by molar-refractivity contribution is 5.88. The van der Waals surface area contributed by atoms with E-state index in [9.17, 15) is 4.79 Å². The van der Waals surface area contributed by atoms with Gasteiger partial charge in [-0.15, -0.1) is 0 Å². The summed E-state index contributed by atoms with van der Waals surface area (Å²) in [6.45, 7) is 0. The van der Waals surface area contributed by atoms with Gasteiger partial charge >= 0.3 is 5.97 Å². The minimum Gasteiger partial charge on any atom is -0.478 e. The summed E-state index contributed by atoms with van der Waals surface area (Å²) in [5.74, 6) is -0.261. The van der Waals surface area contributed by atoms with Crippen molar-refractivity contribution in [3.05, 3.63) is 23.9 Å². The first-order chi connectivity index (χ1) is 6.25. The van der Waals surface area contributed by atoms with Gasteiger partial charge in [0.1, 0.15) is 5.82 Å². The van der Waals surface area contributed by atoms with E-state index in [0.717, 1.165) is 12.8 Å². The zero-order chi connectivity index (χ0) is 9.26. The lowest BCUT2D eigenvalue weighted by atomic mass is 10.2. The Morgan fingerprint density at radius 2 is 2.38 bits per heavy atom. The fraction of sp³-hybridized carbons (Fsp3) is 0.333. The Balaban J connectivity index is 2.15. The summed E-state index contributed by atoms with van der Waals surface area (Å²) in [4.78, 5) is 14.6. The molecule has 0 radical (unpaired) electrons. The molecule has 0 saturated heterocycles. The van der Waals surface area contributed by atoms with Gasteiger partial charge < -0.3 is 10.4 Å². The Bertz CT molecular complexity index is 334. The second-order valence-corrected chi connectivity index (χ2v) is 3.15. The summed E-state index contributed by atoms with van der Waals surface area (Å²) in [5.41, 5.74) is 0.276. The number of carboxylic acid groups (broad SMARTS) is 1. The van der Waals surface area contributed by atoms with E-state index >= 15 is 0 Å². The monoisotopic (exact) mass is 178 g/mol. The molecule has 0 amide bonds. The van der Waals surface area contributed by atoms with Gasteiger partial charge in [-0.25, -0.2) is 9.78 Å². The van der Waals surface area contributed by atoms with Crippen LogP contribution in [0.1, 0.15) is 23.2 Å². The summed E-state index contributed by atoms with van der Waals surface area (Å²) >= 11 is 0. The SMILES string of the molecule is O=C(O)c1ccnc(NC2CC2)c1. The van der Waals surface area contributed by atoms with Crippen LogP contribution in [-0.4, -0.2) is 22.1 Å². The third-order valence-electron chi connectivity index (χ3n) is 1.94. The highest BCUT2D eigenvalue weighted by Gasteiger charge is 2.21. The smallest absolute Gasteiger partial charge is 0.335 e. The van der Waals surface area contributed by atoms with Gasteiger partial charge in [-0.05, 0) is 25.0 Å². The van der Waals surface area contributed by atoms with Gasteiger partial charge in [0.15, 0.2) is 0 Å². The molecule has 1 aromatic heterocycles. The standard InChI is InChI=1S/C9H10N2O2/c12-9(13)6-3-4-10-8(5-6)11-7-1-2-7/h3-5,7H,1-2H2,(H,10,11)(H,12,13). The number of hydrogen-bond acceptors (Lipinski definition) is 3. The highest BCUT2D eigenvalue weighted by atomic mass is 16.4. The number of pyridine rings is 1. The van der Waals surface area contributed by atoms with Crippen LogP contribution >= 0.6 is 0 Å². The van der Waals surface area contributed by atoms with E-state index in [1.807, 2.05) is 0 Å². The highest BCUT2D eigenvalue weighted by Crippen LogP contribution is 2.23. The second kappa shape index (κ2) is 3.05. The van der Waals surface area contributed by atoms with E-state index in [0.29, 0.717) is 11.9 Å². The van der Waals surface area contributed by atoms with Crippen molar-refractivity contribution in [3.8, 4) is 0 Å². The Morgan fingerprint density at radius 1 is 1.62 bits per heavy atom. The molecule has 4 nitrogen and oxygen atoms in total. The van der Waals surface area contributed by atoms with Crippen molar-refractivity contribution in [2.45, 2.75) is 18.9 Å². The Hall–Kier alpha value is -1.58. The number of rotatable bonds is 3. The second-order valence-electron chi connectivity index (χ2n) is 3.15. The van der Waals surface area contributed by atoms with Crippen LogP contribution in [0.15, 0.2) is 18.3 Å². The van der Waals surface area contributed by atoms with Crippen molar-refractivity contribution in [2.75, 3.05) is 5.32 Å². The molecular formula is C9H10N2O2. The zero-order valence-electron chi connectivity index (χ0n) is 7.03. The minimum absolute atomic E-state index is 0.276. The number of nitrogens with one attached hydrogen (secondary N) is 1. The van der Waals surface area contributed by atoms with E-state index < -0.39 is 5.97 Å². The lowest BCUT2D eigenvalue weighted by Gasteiger charge is -2.02. The van der Waals surface area contributed by atoms with E-state index in [1.54, 1.807) is 6.07 Å². The van der Waals surface area contributed by atoms with Gasteiger partial charge in [0.2, 0.25) is 0 Å². The van der Waals surface area contributed by atoms with Crippen LogP contribution in [0.4, 0.5) is 5.82 Å². The quantitative estimate of drug-likeness (QED) is 0.733. The molecule has 0 atom stereocenters. The van der Waals surface area contributed by atoms with Gasteiger partial charge in [-0.3, -0.25) is 0 Å². The Morgan fingerprint density at radius 3 is 3.00 bits per heavy atom. The van der Waals surface area contributed by atoms with Crippen molar-refractivity contribution in [1.29, 1.82) is 0 Å². The predicted molar refractivity (Wildman–Crippen MR) is 47.8 cm³/mol. The first-order valence-electron chi connectivity index (χ1n) is 4.21. The summed E-state index contributed by atoms with van der Waals surface area (Å²) in [5, 5.41) is 11.8. The summed E-state index contributed by atoms with van der Waals surface area (Å²) in [6, 6.07) is 3.54. The molecule has 1 saturated carbocycles. The van der Waals surface area contributed by atoms with Crippen molar-refractivity contribution >= 4 is 11.8 Å². The maximum absolute atomic E-state index is 10.6. The molecule has 13 heavy (non-hydrogen) atoms. The van der Waals surface area contributed by atoms with E-state index in [1.165, 1.54) is 12.3 Å². The molecule has 1 aromatic rings. The molecule has 1 fully saturated rings. The van der Waals surface area contributed by atoms with Crippen molar-refractivity contribution in [1.82, 2.24) is 4.98 Å². The average molecular weight is 178 g/mol. The van der Waals surface area contributed by atoms with Gasteiger partial charge in [-0.1, -0.05) is 0 Å². The van der Waals surface area contributed by atoms with E-state index in [4.69, 9.17) is 5.11 Å². The Kier molecular flexibility index (Phi) is 1.88. The molecule has 1 aliphatic rings. The molecule has 0 aliphatic heterocycles. The number of carbonyl (C=O) groups is 1. The molecule has 1 aliphatic carbocycles. The first kappa shape index (κ1) is 8.04. The van der Waals surface area contributed by atoms with Crippen LogP contribution in [0, 0.1) is 0 Å². The largest absolute Gasteiger partial charge is 0.478 e. The number of carboxylic acids is 1. The first-order valence-corrected chi connectivity index (χ1v) is 4.21. The van der Waals surface area contributed by atoms with Crippen molar-refractivity contribution < 1.29 is 9.90 Å². The summed E-state index contributed by atoms with van der Waals surface area (Å²) in [7, 11) is 0. The van der Waals surface area contributed by atoms with Gasteiger partial charge in [0.25, 0.3) is 0 Å². The molecule has 2 N–H and O–H groups in total. The maximum atomic E-state index is 10.6. The van der Waals surface area contributed by atoms with Gasteiger partial charge in [-0.2, -0.15) is 0 Å². The lowest BCUT2D eigenvalue weighted by molar-refractivity contribution is 0.0697. The number of aromatic nitrogens is 1. The molecule has 0 bridgehead atoms. The lowest BCUT2D eigenvalue weighted by Crippen LogP contribution is -2.05. The third-order valence-corrected chi connectivity index (χ3v) is 1.94. The fourth-order valence-corrected chi connectivity index (χ4v) is 1.08. The van der Waals surface area contributed by atoms with Crippen LogP contribution in [0.2, 0.25) is 0 Å². The molecule has 0 spiro atoms. The topological polar surface area (TPSA) is 62.2 Å². The predicted octanol–water partition coefficient (Wildman–Crippen LogP) is 1.35. The van der Waals surface area contributed by atoms with Gasteiger partial charge in [0.05, 0.1) is 5.56 Å². The third kappa shape index (κ3) is 1.96. The molecule has 0 unspecified atom stereocenters. The van der Waals surface area contributed by atoms with E-state index in [-0.39, 0.29) is 5.56 Å². The van der Waals surface area contributed by atoms with Crippen LogP contribution < -0.4 is 5.32 Å². The number of hydrogen-bond donors (Lipinski definition) is 2. The summed E-state index contributed by atoms with van der Waals surface area (Å²) in [6.07, 6.45) is 3.81. The summed E-state index contributed by atoms with van der Waals surface area (Å²) < 4.78 is 0. The number of aromatic carboxylic acids is 1. The van der Waals surface area contributed by atoms with Gasteiger partial charge in [0, 0.05) is 12.2 Å². The minimum atomic E-state index is -0.916. The Labute approximate surface area is 75.6 Å². The molecule has 2 rings (SSSR count). The molecular weight excluding hydrogens is 168 g/mol. The average Bonchev–Trinajstić information content (AvgIpc) is 2.89. The van der Waals surface area contributed by atoms with Crippen molar-refractivity contribution in [2.24, 2.45) is 0 Å². The number of anilines is 1.